The van der Waals surface area contributed by atoms with Crippen molar-refractivity contribution in [3.05, 3.63) is 69.6 Å². The number of ether oxygens (including phenoxy) is 1. The molecule has 0 bridgehead atoms. The number of halogens is 2. The minimum absolute atomic E-state index is 0.316. The number of rotatable bonds is 8. The number of benzene rings is 2. The number of methoxy groups -OCH3 is 1. The van der Waals surface area contributed by atoms with Gasteiger partial charge in [-0.15, -0.1) is 0 Å². The zero-order chi connectivity index (χ0) is 24.8. The number of aromatic nitrogens is 2. The van der Waals surface area contributed by atoms with E-state index in [-0.39, 0.29) is 5.91 Å². The van der Waals surface area contributed by atoms with Gasteiger partial charge in [0.05, 0.1) is 0 Å². The molecule has 1 aliphatic rings. The summed E-state index contributed by atoms with van der Waals surface area (Å²) >= 11 is 2.59. The van der Waals surface area contributed by atoms with Gasteiger partial charge in [0.1, 0.15) is 0 Å². The Morgan fingerprint density at radius 2 is 2.03 bits per heavy atom. The first-order valence-electron chi connectivity index (χ1n) is 11.3. The number of fused-ring (bicyclic) bond motifs is 1. The molecular formula is C25H27AsBrFN5O2. The number of nitrogens with zero attached hydrogens (tertiary/aromatic N) is 3. The van der Waals surface area contributed by atoms with Crippen molar-refractivity contribution in [2.45, 2.75) is 12.8 Å². The van der Waals surface area contributed by atoms with E-state index in [1.165, 1.54) is 24.2 Å². The SMILES string of the molecule is CNC(=O)c1cccc(F)c1[As]c1nc(Nc2ccc3c(c2)CCN(CCOC)CC3)ncc1Br. The van der Waals surface area contributed by atoms with Crippen LogP contribution in [0.4, 0.5) is 16.0 Å². The quantitative estimate of drug-likeness (QED) is 0.385. The molecule has 35 heavy (non-hydrogen) atoms. The second kappa shape index (κ2) is 12.1. The van der Waals surface area contributed by atoms with Crippen molar-refractivity contribution in [1.82, 2.24) is 20.2 Å². The van der Waals surface area contributed by atoms with E-state index in [1.807, 2.05) is 6.07 Å². The van der Waals surface area contributed by atoms with Crippen LogP contribution in [0.15, 0.2) is 47.1 Å². The Kier molecular flexibility index (Phi) is 8.89. The van der Waals surface area contributed by atoms with Crippen molar-refractivity contribution >= 4 is 58.1 Å². The summed E-state index contributed by atoms with van der Waals surface area (Å²) in [4.78, 5) is 23.7. The van der Waals surface area contributed by atoms with Crippen molar-refractivity contribution < 1.29 is 13.9 Å². The number of carbonyl (C=O) groups is 1. The van der Waals surface area contributed by atoms with Gasteiger partial charge in [0.15, 0.2) is 0 Å². The van der Waals surface area contributed by atoms with Gasteiger partial charge in [0.2, 0.25) is 0 Å². The van der Waals surface area contributed by atoms with Gasteiger partial charge < -0.3 is 4.74 Å². The Hall–Kier alpha value is -2.32. The van der Waals surface area contributed by atoms with Gasteiger partial charge >= 0.3 is 208 Å². The standard InChI is InChI=1S/C25H27AsBrFN5O2/c1-29-24(34)19-4-3-5-21(28)22(19)26-23-20(27)15-30-25(32-23)31-18-7-6-16-8-10-33(12-13-35-2)11-9-17(16)14-18/h3-7,14-15H,8-13H2,1-2H3,(H,29,34)(H,30,31,32). The molecule has 2 aromatic carbocycles. The van der Waals surface area contributed by atoms with Crippen LogP contribution in [0.2, 0.25) is 0 Å². The zero-order valence-corrected chi connectivity index (χ0v) is 23.1. The Morgan fingerprint density at radius 3 is 2.80 bits per heavy atom. The maximum atomic E-state index is 14.7. The summed E-state index contributed by atoms with van der Waals surface area (Å²) in [6, 6.07) is 10.9. The van der Waals surface area contributed by atoms with Crippen molar-refractivity contribution in [1.29, 1.82) is 0 Å². The molecule has 0 saturated carbocycles. The van der Waals surface area contributed by atoms with Crippen molar-refractivity contribution in [3.63, 3.8) is 0 Å². The van der Waals surface area contributed by atoms with Gasteiger partial charge in [-0.05, 0) is 0 Å². The second-order valence-corrected chi connectivity index (χ2v) is 11.3. The first kappa shape index (κ1) is 25.8. The fourth-order valence-corrected chi connectivity index (χ4v) is 6.72. The molecule has 0 spiro atoms. The number of amides is 1. The molecule has 0 saturated heterocycles. The van der Waals surface area contributed by atoms with Gasteiger partial charge in [0.25, 0.3) is 0 Å². The summed E-state index contributed by atoms with van der Waals surface area (Å²) < 4.78 is 21.6. The molecule has 0 fully saturated rings. The molecule has 1 amide bonds. The number of hydrogen-bond acceptors (Lipinski definition) is 6. The summed E-state index contributed by atoms with van der Waals surface area (Å²) in [6.45, 7) is 3.71. The van der Waals surface area contributed by atoms with Crippen LogP contribution in [0.25, 0.3) is 0 Å². The van der Waals surface area contributed by atoms with Gasteiger partial charge in [-0.1, -0.05) is 0 Å². The molecule has 3 aromatic rings. The molecule has 1 radical (unpaired) electrons. The van der Waals surface area contributed by atoms with Crippen LogP contribution in [-0.2, 0) is 17.6 Å². The molecule has 2 heterocycles. The molecule has 2 N–H and O–H groups in total. The van der Waals surface area contributed by atoms with Crippen LogP contribution in [0.5, 0.6) is 0 Å². The predicted octanol–water partition coefficient (Wildman–Crippen LogP) is 2.18. The van der Waals surface area contributed by atoms with Crippen LogP contribution in [0, 0.1) is 5.82 Å². The molecule has 4 rings (SSSR count). The predicted molar refractivity (Wildman–Crippen MR) is 140 cm³/mol. The van der Waals surface area contributed by atoms with Gasteiger partial charge in [0, 0.05) is 7.11 Å². The minimum atomic E-state index is -0.900. The molecule has 7 nitrogen and oxygen atoms in total. The third-order valence-corrected chi connectivity index (χ3v) is 9.70. The monoisotopic (exact) mass is 602 g/mol. The molecule has 183 valence electrons. The first-order chi connectivity index (χ1) is 17.0. The van der Waals surface area contributed by atoms with E-state index in [0.717, 1.165) is 44.8 Å². The number of carbonyl (C=O) groups excluding carboxylic acids is 1. The van der Waals surface area contributed by atoms with Gasteiger partial charge in [-0.3, -0.25) is 0 Å². The summed E-state index contributed by atoms with van der Waals surface area (Å²) in [5, 5.41) is 5.88. The summed E-state index contributed by atoms with van der Waals surface area (Å²) in [6.07, 6.45) is 3.65. The third-order valence-electron chi connectivity index (χ3n) is 5.87. The number of anilines is 2. The summed E-state index contributed by atoms with van der Waals surface area (Å²) in [5.41, 5.74) is 3.92. The van der Waals surface area contributed by atoms with E-state index in [0.29, 0.717) is 24.8 Å². The maximum absolute atomic E-state index is 14.7. The van der Waals surface area contributed by atoms with Crippen molar-refractivity contribution in [2.24, 2.45) is 0 Å². The van der Waals surface area contributed by atoms with Crippen molar-refractivity contribution in [2.75, 3.05) is 45.7 Å². The molecule has 0 aliphatic carbocycles. The van der Waals surface area contributed by atoms with Crippen LogP contribution in [0.1, 0.15) is 21.5 Å². The van der Waals surface area contributed by atoms with E-state index in [2.05, 4.69) is 53.6 Å². The third kappa shape index (κ3) is 6.47. The Labute approximate surface area is 219 Å². The average Bonchev–Trinajstić information content (AvgIpc) is 3.07. The Bertz CT molecular complexity index is 1210. The summed E-state index contributed by atoms with van der Waals surface area (Å²) in [5.74, 6) is -0.285. The number of nitrogens with one attached hydrogen (secondary N) is 2. The van der Waals surface area contributed by atoms with E-state index in [9.17, 15) is 9.18 Å². The van der Waals surface area contributed by atoms with Gasteiger partial charge in [-0.2, -0.15) is 0 Å². The second-order valence-electron chi connectivity index (χ2n) is 8.14. The molecule has 0 unspecified atom stereocenters. The summed E-state index contributed by atoms with van der Waals surface area (Å²) in [7, 11) is 3.27. The van der Waals surface area contributed by atoms with E-state index in [4.69, 9.17) is 4.74 Å². The van der Waals surface area contributed by atoms with Crippen LogP contribution < -0.4 is 19.5 Å². The van der Waals surface area contributed by atoms with Crippen molar-refractivity contribution in [3.8, 4) is 0 Å². The Balaban J connectivity index is 1.52. The van der Waals surface area contributed by atoms with E-state index in [1.54, 1.807) is 25.4 Å². The molecule has 0 atom stereocenters. The fourth-order valence-electron chi connectivity index (χ4n) is 3.97. The van der Waals surface area contributed by atoms with Crippen LogP contribution in [0.3, 0.4) is 0 Å². The first-order valence-corrected chi connectivity index (χ1v) is 14.0. The van der Waals surface area contributed by atoms with Crippen LogP contribution >= 0.6 is 15.9 Å². The topological polar surface area (TPSA) is 79.4 Å². The fraction of sp³-hybridized carbons (Fsp3) is 0.320. The molecule has 10 heteroatoms. The van der Waals surface area contributed by atoms with Crippen LogP contribution in [-0.4, -0.2) is 76.9 Å². The van der Waals surface area contributed by atoms with Gasteiger partial charge in [-0.25, -0.2) is 0 Å². The van der Waals surface area contributed by atoms with E-state index < -0.39 is 21.6 Å². The van der Waals surface area contributed by atoms with E-state index >= 15 is 0 Å². The average molecular weight is 603 g/mol. The Morgan fingerprint density at radius 1 is 1.23 bits per heavy atom. The molecular weight excluding hydrogens is 576 g/mol. The zero-order valence-electron chi connectivity index (χ0n) is 19.6. The molecule has 1 aromatic heterocycles. The molecule has 1 aliphatic heterocycles. The number of hydrogen-bond donors (Lipinski definition) is 2. The normalized spacial score (nSPS) is 14.1.